The Bertz CT molecular complexity index is 190. The Labute approximate surface area is 81.8 Å². The van der Waals surface area contributed by atoms with Gasteiger partial charge in [0.25, 0.3) is 0 Å². The summed E-state index contributed by atoms with van der Waals surface area (Å²) in [4.78, 5) is 21.4. The molecule has 0 aromatic heterocycles. The van der Waals surface area contributed by atoms with Crippen molar-refractivity contribution in [2.45, 2.75) is 12.5 Å². The summed E-state index contributed by atoms with van der Waals surface area (Å²) >= 11 is 0. The Morgan fingerprint density at radius 1 is 1.29 bits per heavy atom. The molecule has 0 radical (unpaired) electrons. The van der Waals surface area contributed by atoms with E-state index in [1.54, 1.807) is 0 Å². The van der Waals surface area contributed by atoms with Crippen LogP contribution in [0.25, 0.3) is 0 Å². The molecule has 0 saturated carbocycles. The van der Waals surface area contributed by atoms with E-state index in [2.05, 4.69) is 14.2 Å². The lowest BCUT2D eigenvalue weighted by Crippen LogP contribution is -2.27. The van der Waals surface area contributed by atoms with Crippen LogP contribution in [0.1, 0.15) is 6.42 Å². The number of rotatable bonds is 7. The Hall–Kier alpha value is -1.14. The van der Waals surface area contributed by atoms with Gasteiger partial charge in [-0.2, -0.15) is 0 Å². The minimum absolute atomic E-state index is 0.116. The van der Waals surface area contributed by atoms with E-state index in [0.29, 0.717) is 0 Å². The molecule has 0 saturated heterocycles. The van der Waals surface area contributed by atoms with Gasteiger partial charge in [0, 0.05) is 14.2 Å². The van der Waals surface area contributed by atoms with Crippen LogP contribution >= 0.6 is 0 Å². The SMILES string of the molecule is COCCOC(=O)CC(OC)C(=O)O. The van der Waals surface area contributed by atoms with Crippen LogP contribution in [0.15, 0.2) is 0 Å². The Balaban J connectivity index is 3.74. The number of methoxy groups -OCH3 is 2. The predicted molar refractivity (Wildman–Crippen MR) is 45.9 cm³/mol. The molecule has 0 aliphatic heterocycles. The number of hydrogen-bond donors (Lipinski definition) is 1. The maximum atomic E-state index is 11.0. The van der Waals surface area contributed by atoms with Gasteiger partial charge in [0.2, 0.25) is 0 Å². The zero-order valence-electron chi connectivity index (χ0n) is 8.19. The minimum atomic E-state index is -1.18. The molecule has 0 heterocycles. The van der Waals surface area contributed by atoms with E-state index in [0.717, 1.165) is 0 Å². The number of esters is 1. The van der Waals surface area contributed by atoms with E-state index in [9.17, 15) is 9.59 Å². The Morgan fingerprint density at radius 3 is 2.36 bits per heavy atom. The van der Waals surface area contributed by atoms with Crippen molar-refractivity contribution in [1.29, 1.82) is 0 Å². The van der Waals surface area contributed by atoms with Crippen molar-refractivity contribution >= 4 is 11.9 Å². The van der Waals surface area contributed by atoms with Gasteiger partial charge in [0.15, 0.2) is 6.10 Å². The zero-order valence-corrected chi connectivity index (χ0v) is 8.19. The van der Waals surface area contributed by atoms with Crippen molar-refractivity contribution in [3.63, 3.8) is 0 Å². The average Bonchev–Trinajstić information content (AvgIpc) is 2.14. The molecule has 0 aromatic rings. The van der Waals surface area contributed by atoms with Crippen LogP contribution in [0, 0.1) is 0 Å². The molecule has 82 valence electrons. The smallest absolute Gasteiger partial charge is 0.333 e. The van der Waals surface area contributed by atoms with Crippen LogP contribution < -0.4 is 0 Å². The molecule has 0 spiro atoms. The molecule has 6 heteroatoms. The van der Waals surface area contributed by atoms with Gasteiger partial charge in [0.1, 0.15) is 6.61 Å². The van der Waals surface area contributed by atoms with Crippen molar-refractivity contribution in [2.75, 3.05) is 27.4 Å². The summed E-state index contributed by atoms with van der Waals surface area (Å²) in [5, 5.41) is 8.54. The second-order valence-corrected chi connectivity index (χ2v) is 2.48. The number of aliphatic carboxylic acids is 1. The van der Waals surface area contributed by atoms with Gasteiger partial charge < -0.3 is 19.3 Å². The van der Waals surface area contributed by atoms with Crippen LogP contribution in [0.3, 0.4) is 0 Å². The monoisotopic (exact) mass is 206 g/mol. The summed E-state index contributed by atoms with van der Waals surface area (Å²) < 4.78 is 13.9. The molecule has 1 atom stereocenters. The molecule has 0 aliphatic carbocycles. The van der Waals surface area contributed by atoms with E-state index < -0.39 is 18.0 Å². The first-order chi connectivity index (χ1) is 6.61. The maximum Gasteiger partial charge on any atom is 0.333 e. The quantitative estimate of drug-likeness (QED) is 0.453. The van der Waals surface area contributed by atoms with Gasteiger partial charge in [-0.05, 0) is 0 Å². The molecule has 1 unspecified atom stereocenters. The maximum absolute atomic E-state index is 11.0. The third-order valence-electron chi connectivity index (χ3n) is 1.46. The van der Waals surface area contributed by atoms with Crippen LogP contribution in [0.2, 0.25) is 0 Å². The van der Waals surface area contributed by atoms with Crippen LogP contribution in [0.4, 0.5) is 0 Å². The fourth-order valence-corrected chi connectivity index (χ4v) is 0.721. The van der Waals surface area contributed by atoms with Crippen LogP contribution in [-0.2, 0) is 23.8 Å². The van der Waals surface area contributed by atoms with E-state index in [1.165, 1.54) is 14.2 Å². The highest BCUT2D eigenvalue weighted by atomic mass is 16.6. The van der Waals surface area contributed by atoms with Gasteiger partial charge in [-0.15, -0.1) is 0 Å². The summed E-state index contributed by atoms with van der Waals surface area (Å²) in [6, 6.07) is 0. The molecule has 0 rings (SSSR count). The third kappa shape index (κ3) is 5.50. The summed E-state index contributed by atoms with van der Waals surface area (Å²) in [6.07, 6.45) is -1.44. The lowest BCUT2D eigenvalue weighted by molar-refractivity contribution is -0.158. The minimum Gasteiger partial charge on any atom is -0.479 e. The Kier molecular flexibility index (Phi) is 6.69. The average molecular weight is 206 g/mol. The fraction of sp³-hybridized carbons (Fsp3) is 0.750. The van der Waals surface area contributed by atoms with E-state index in [-0.39, 0.29) is 19.6 Å². The second-order valence-electron chi connectivity index (χ2n) is 2.48. The molecule has 0 amide bonds. The Morgan fingerprint density at radius 2 is 1.93 bits per heavy atom. The van der Waals surface area contributed by atoms with Gasteiger partial charge in [0.05, 0.1) is 13.0 Å². The standard InChI is InChI=1S/C8H14O6/c1-12-3-4-14-7(9)5-6(13-2)8(10)11/h6H,3-5H2,1-2H3,(H,10,11). The van der Waals surface area contributed by atoms with E-state index >= 15 is 0 Å². The van der Waals surface area contributed by atoms with Crippen LogP contribution in [-0.4, -0.2) is 50.6 Å². The highest BCUT2D eigenvalue weighted by Crippen LogP contribution is 1.99. The molecule has 0 fully saturated rings. The zero-order chi connectivity index (χ0) is 11.0. The van der Waals surface area contributed by atoms with Gasteiger partial charge in [-0.1, -0.05) is 0 Å². The van der Waals surface area contributed by atoms with Crippen molar-refractivity contribution in [2.24, 2.45) is 0 Å². The molecular formula is C8H14O6. The number of hydrogen-bond acceptors (Lipinski definition) is 5. The second kappa shape index (κ2) is 7.28. The predicted octanol–water partition coefficient (Wildman–Crippen LogP) is -0.334. The van der Waals surface area contributed by atoms with Crippen molar-refractivity contribution in [1.82, 2.24) is 0 Å². The van der Waals surface area contributed by atoms with Crippen LogP contribution in [0.5, 0.6) is 0 Å². The van der Waals surface area contributed by atoms with Gasteiger partial charge >= 0.3 is 11.9 Å². The topological polar surface area (TPSA) is 82.1 Å². The summed E-state index contributed by atoms with van der Waals surface area (Å²) in [5.41, 5.74) is 0. The number of ether oxygens (including phenoxy) is 3. The van der Waals surface area contributed by atoms with E-state index in [1.807, 2.05) is 0 Å². The molecule has 0 aromatic carbocycles. The van der Waals surface area contributed by atoms with Crippen molar-refractivity contribution in [3.8, 4) is 0 Å². The molecule has 0 bridgehead atoms. The molecule has 0 aliphatic rings. The lowest BCUT2D eigenvalue weighted by atomic mass is 10.2. The van der Waals surface area contributed by atoms with E-state index in [4.69, 9.17) is 5.11 Å². The normalized spacial score (nSPS) is 12.1. The molecular weight excluding hydrogens is 192 g/mol. The number of carbonyl (C=O) groups is 2. The summed E-state index contributed by atoms with van der Waals surface area (Å²) in [5.74, 6) is -1.80. The lowest BCUT2D eigenvalue weighted by Gasteiger charge is -2.09. The van der Waals surface area contributed by atoms with Gasteiger partial charge in [-0.3, -0.25) is 4.79 Å². The number of carboxylic acid groups (broad SMARTS) is 1. The fourth-order valence-electron chi connectivity index (χ4n) is 0.721. The first kappa shape index (κ1) is 12.9. The number of carboxylic acids is 1. The molecule has 1 N–H and O–H groups in total. The third-order valence-corrected chi connectivity index (χ3v) is 1.46. The summed E-state index contributed by atoms with van der Waals surface area (Å²) in [7, 11) is 2.70. The molecule has 6 nitrogen and oxygen atoms in total. The first-order valence-corrected chi connectivity index (χ1v) is 4.02. The highest BCUT2D eigenvalue weighted by Gasteiger charge is 2.21. The summed E-state index contributed by atoms with van der Waals surface area (Å²) in [6.45, 7) is 0.405. The van der Waals surface area contributed by atoms with Gasteiger partial charge in [-0.25, -0.2) is 4.79 Å². The number of carbonyl (C=O) groups excluding carboxylic acids is 1. The first-order valence-electron chi connectivity index (χ1n) is 4.02. The molecule has 14 heavy (non-hydrogen) atoms. The largest absolute Gasteiger partial charge is 0.479 e. The highest BCUT2D eigenvalue weighted by molar-refractivity contribution is 5.80. The van der Waals surface area contributed by atoms with Crippen molar-refractivity contribution in [3.05, 3.63) is 0 Å². The van der Waals surface area contributed by atoms with Crippen molar-refractivity contribution < 1.29 is 28.9 Å².